The third kappa shape index (κ3) is 4.65. The number of benzene rings is 1. The van der Waals surface area contributed by atoms with Gasteiger partial charge in [-0.3, -0.25) is 9.69 Å². The van der Waals surface area contributed by atoms with Crippen LogP contribution in [0.3, 0.4) is 0 Å². The number of nitrogens with zero attached hydrogens (tertiary/aromatic N) is 1. The molecule has 0 heterocycles. The molecule has 6 nitrogen and oxygen atoms in total. The number of nitrogens with one attached hydrogen (secondary N) is 2. The van der Waals surface area contributed by atoms with Gasteiger partial charge in [0.15, 0.2) is 0 Å². The summed E-state index contributed by atoms with van der Waals surface area (Å²) in [7, 11) is 0. The highest BCUT2D eigenvalue weighted by Crippen LogP contribution is 2.34. The summed E-state index contributed by atoms with van der Waals surface area (Å²) < 4.78 is 13.6. The molecule has 1 aromatic carbocycles. The second-order valence-corrected chi connectivity index (χ2v) is 7.62. The Bertz CT molecular complexity index is 705. The van der Waals surface area contributed by atoms with E-state index in [9.17, 15) is 14.0 Å². The van der Waals surface area contributed by atoms with Gasteiger partial charge in [-0.25, -0.2) is 9.18 Å². The van der Waals surface area contributed by atoms with Crippen molar-refractivity contribution in [2.24, 2.45) is 5.92 Å². The minimum absolute atomic E-state index is 0.0249. The number of carboxylic acid groups (broad SMARTS) is 1. The Kier molecular flexibility index (Phi) is 5.67. The molecule has 0 radical (unpaired) electrons. The fourth-order valence-corrected chi connectivity index (χ4v) is 3.55. The van der Waals surface area contributed by atoms with E-state index in [0.717, 1.165) is 6.54 Å². The molecule has 2 aliphatic rings. The summed E-state index contributed by atoms with van der Waals surface area (Å²) in [4.78, 5) is 25.2. The van der Waals surface area contributed by atoms with Gasteiger partial charge in [0, 0.05) is 24.2 Å². The van der Waals surface area contributed by atoms with E-state index >= 15 is 0 Å². The summed E-state index contributed by atoms with van der Waals surface area (Å²) in [6.45, 7) is 2.41. The average molecular weight is 384 g/mol. The highest BCUT2D eigenvalue weighted by molar-refractivity contribution is 6.33. The van der Waals surface area contributed by atoms with Crippen molar-refractivity contribution in [3.63, 3.8) is 0 Å². The normalized spacial score (nSPS) is 22.0. The molecule has 2 amide bonds. The van der Waals surface area contributed by atoms with Gasteiger partial charge in [-0.1, -0.05) is 11.6 Å². The summed E-state index contributed by atoms with van der Waals surface area (Å²) in [5.41, 5.74) is 0.553. The van der Waals surface area contributed by atoms with Crippen LogP contribution in [-0.2, 0) is 4.79 Å². The van der Waals surface area contributed by atoms with Gasteiger partial charge >= 0.3 is 12.0 Å². The third-order valence-electron chi connectivity index (χ3n) is 5.08. The van der Waals surface area contributed by atoms with E-state index < -0.39 is 17.8 Å². The highest BCUT2D eigenvalue weighted by atomic mass is 35.5. The molecule has 0 saturated heterocycles. The van der Waals surface area contributed by atoms with Crippen LogP contribution in [0, 0.1) is 18.7 Å². The maximum atomic E-state index is 13.6. The smallest absolute Gasteiger partial charge is 0.319 e. The Hall–Kier alpha value is -1.86. The molecule has 0 aromatic heterocycles. The zero-order valence-electron chi connectivity index (χ0n) is 14.6. The second kappa shape index (κ2) is 7.80. The number of carbonyl (C=O) groups excluding carboxylic acids is 1. The molecular weight excluding hydrogens is 361 g/mol. The highest BCUT2D eigenvalue weighted by Gasteiger charge is 2.37. The number of hydrogen-bond donors (Lipinski definition) is 3. The number of hydrogen-bond acceptors (Lipinski definition) is 3. The summed E-state index contributed by atoms with van der Waals surface area (Å²) in [6.07, 6.45) is 3.76. The van der Waals surface area contributed by atoms with Crippen molar-refractivity contribution in [2.75, 3.05) is 18.4 Å². The van der Waals surface area contributed by atoms with Crippen LogP contribution in [0.25, 0.3) is 0 Å². The topological polar surface area (TPSA) is 81.7 Å². The number of carbonyl (C=O) groups is 2. The van der Waals surface area contributed by atoms with Gasteiger partial charge < -0.3 is 15.7 Å². The lowest BCUT2D eigenvalue weighted by Crippen LogP contribution is -2.55. The van der Waals surface area contributed by atoms with Crippen molar-refractivity contribution < 1.29 is 19.1 Å². The van der Waals surface area contributed by atoms with Crippen LogP contribution in [0.4, 0.5) is 14.9 Å². The first-order chi connectivity index (χ1) is 12.3. The van der Waals surface area contributed by atoms with Gasteiger partial charge in [-0.2, -0.15) is 0 Å². The van der Waals surface area contributed by atoms with Crippen molar-refractivity contribution in [2.45, 2.75) is 44.7 Å². The Balaban J connectivity index is 1.49. The summed E-state index contributed by atoms with van der Waals surface area (Å²) in [6, 6.07) is 2.38. The van der Waals surface area contributed by atoms with E-state index in [1.54, 1.807) is 6.92 Å². The number of urea groups is 1. The largest absolute Gasteiger partial charge is 0.480 e. The Morgan fingerprint density at radius 2 is 2.04 bits per heavy atom. The number of amides is 2. The molecule has 142 valence electrons. The zero-order chi connectivity index (χ0) is 18.8. The Labute approximate surface area is 156 Å². The Morgan fingerprint density at radius 3 is 2.65 bits per heavy atom. The van der Waals surface area contributed by atoms with Crippen LogP contribution in [-0.4, -0.2) is 47.2 Å². The van der Waals surface area contributed by atoms with Crippen LogP contribution in [0.2, 0.25) is 5.02 Å². The number of carboxylic acids is 1. The minimum Gasteiger partial charge on any atom is -0.480 e. The van der Waals surface area contributed by atoms with Crippen molar-refractivity contribution >= 4 is 29.3 Å². The van der Waals surface area contributed by atoms with E-state index in [2.05, 4.69) is 10.6 Å². The molecule has 2 aliphatic carbocycles. The first-order valence-corrected chi connectivity index (χ1v) is 9.19. The van der Waals surface area contributed by atoms with Gasteiger partial charge in [0.1, 0.15) is 5.82 Å². The molecular formula is C18H23ClFN3O3. The standard InChI is InChI=1S/C18H23ClFN3O3/c1-10-15(20)5-4-14(19)17(10)22-18(26)21-12-6-13(7-12)23(9-16(24)25)8-11-2-3-11/h4-5,11-13H,2-3,6-9H2,1H3,(H,24,25)(H2,21,22,26). The predicted octanol–water partition coefficient (Wildman–Crippen LogP) is 3.24. The molecule has 2 fully saturated rings. The molecule has 8 heteroatoms. The van der Waals surface area contributed by atoms with Crippen LogP contribution in [0.5, 0.6) is 0 Å². The fraction of sp³-hybridized carbons (Fsp3) is 0.556. The van der Waals surface area contributed by atoms with E-state index in [4.69, 9.17) is 16.7 Å². The predicted molar refractivity (Wildman–Crippen MR) is 97.0 cm³/mol. The molecule has 0 spiro atoms. The third-order valence-corrected chi connectivity index (χ3v) is 5.39. The van der Waals surface area contributed by atoms with Crippen molar-refractivity contribution in [1.82, 2.24) is 10.2 Å². The molecule has 1 aromatic rings. The van der Waals surface area contributed by atoms with E-state index in [-0.39, 0.29) is 34.9 Å². The maximum Gasteiger partial charge on any atom is 0.319 e. The first-order valence-electron chi connectivity index (χ1n) is 8.81. The van der Waals surface area contributed by atoms with Gasteiger partial charge in [-0.15, -0.1) is 0 Å². The number of anilines is 1. The van der Waals surface area contributed by atoms with Gasteiger partial charge in [0.05, 0.1) is 17.3 Å². The lowest BCUT2D eigenvalue weighted by molar-refractivity contribution is -0.139. The van der Waals surface area contributed by atoms with E-state index in [1.165, 1.54) is 25.0 Å². The maximum absolute atomic E-state index is 13.6. The van der Waals surface area contributed by atoms with Crippen LogP contribution >= 0.6 is 11.6 Å². The molecule has 3 rings (SSSR count). The van der Waals surface area contributed by atoms with Crippen molar-refractivity contribution in [3.8, 4) is 0 Å². The van der Waals surface area contributed by atoms with E-state index in [0.29, 0.717) is 18.8 Å². The lowest BCUT2D eigenvalue weighted by Gasteiger charge is -2.42. The van der Waals surface area contributed by atoms with Crippen LogP contribution < -0.4 is 10.6 Å². The fourth-order valence-electron chi connectivity index (χ4n) is 3.29. The van der Waals surface area contributed by atoms with Gasteiger partial charge in [0.2, 0.25) is 0 Å². The van der Waals surface area contributed by atoms with Crippen molar-refractivity contribution in [1.29, 1.82) is 0 Å². The molecule has 3 N–H and O–H groups in total. The van der Waals surface area contributed by atoms with Gasteiger partial charge in [-0.05, 0) is 50.7 Å². The van der Waals surface area contributed by atoms with Crippen molar-refractivity contribution in [3.05, 3.63) is 28.5 Å². The van der Waals surface area contributed by atoms with E-state index in [1.807, 2.05) is 4.90 Å². The summed E-state index contributed by atoms with van der Waals surface area (Å²) in [5.74, 6) is -0.642. The molecule has 0 aliphatic heterocycles. The van der Waals surface area contributed by atoms with Gasteiger partial charge in [0.25, 0.3) is 0 Å². The monoisotopic (exact) mass is 383 g/mol. The number of aliphatic carboxylic acids is 1. The Morgan fingerprint density at radius 1 is 1.35 bits per heavy atom. The molecule has 0 atom stereocenters. The number of rotatable bonds is 7. The molecule has 2 saturated carbocycles. The first kappa shape index (κ1) is 18.9. The van der Waals surface area contributed by atoms with Crippen LogP contribution in [0.1, 0.15) is 31.2 Å². The lowest BCUT2D eigenvalue weighted by atomic mass is 9.85. The minimum atomic E-state index is -0.823. The summed E-state index contributed by atoms with van der Waals surface area (Å²) >= 11 is 6.03. The molecule has 0 unspecified atom stereocenters. The second-order valence-electron chi connectivity index (χ2n) is 7.22. The quantitative estimate of drug-likeness (QED) is 0.675. The number of halogens is 2. The van der Waals surface area contributed by atoms with Crippen LogP contribution in [0.15, 0.2) is 12.1 Å². The molecule has 0 bridgehead atoms. The SMILES string of the molecule is Cc1c(F)ccc(Cl)c1NC(=O)NC1CC(N(CC(=O)O)CC2CC2)C1. The summed E-state index contributed by atoms with van der Waals surface area (Å²) in [5, 5.41) is 14.8. The molecule has 26 heavy (non-hydrogen) atoms. The zero-order valence-corrected chi connectivity index (χ0v) is 15.4. The average Bonchev–Trinajstić information content (AvgIpc) is 3.34.